The molecule has 2 N–H and O–H groups in total. The minimum absolute atomic E-state index is 0.0486. The number of amides is 1. The average molecular weight is 410 g/mol. The van der Waals surface area contributed by atoms with Crippen LogP contribution in [0, 0.1) is 0 Å². The Balaban J connectivity index is 1.59. The summed E-state index contributed by atoms with van der Waals surface area (Å²) in [7, 11) is 0. The number of likely N-dealkylation sites (N-methyl/N-ethyl adjacent to an activating group) is 1. The van der Waals surface area contributed by atoms with E-state index in [2.05, 4.69) is 51.4 Å². The Labute approximate surface area is 176 Å². The van der Waals surface area contributed by atoms with Crippen molar-refractivity contribution in [2.45, 2.75) is 30.8 Å². The van der Waals surface area contributed by atoms with Crippen molar-refractivity contribution in [3.05, 3.63) is 77.6 Å². The van der Waals surface area contributed by atoms with Gasteiger partial charge < -0.3 is 5.32 Å². The highest BCUT2D eigenvalue weighted by Crippen LogP contribution is 2.20. The normalized spacial score (nSPS) is 12.1. The highest BCUT2D eigenvalue weighted by molar-refractivity contribution is 7.98. The predicted molar refractivity (Wildman–Crippen MR) is 117 cm³/mol. The molecule has 2 aromatic carbocycles. The lowest BCUT2D eigenvalue weighted by atomic mass is 10.0. The van der Waals surface area contributed by atoms with Crippen molar-refractivity contribution in [3.8, 4) is 0 Å². The lowest BCUT2D eigenvalue weighted by Crippen LogP contribution is -2.38. The molecular formula is C22H27N5OS. The number of benzene rings is 2. The molecule has 1 atom stereocenters. The fraction of sp³-hybridized carbons (Fsp3) is 0.318. The summed E-state index contributed by atoms with van der Waals surface area (Å²) in [6, 6.07) is 18.2. The van der Waals surface area contributed by atoms with Crippen LogP contribution >= 0.6 is 11.8 Å². The minimum Gasteiger partial charge on any atom is -0.350 e. The van der Waals surface area contributed by atoms with Crippen molar-refractivity contribution in [1.29, 1.82) is 0 Å². The molecule has 29 heavy (non-hydrogen) atoms. The molecule has 152 valence electrons. The van der Waals surface area contributed by atoms with Crippen LogP contribution in [0.4, 0.5) is 0 Å². The first kappa shape index (κ1) is 21.1. The molecule has 0 aliphatic heterocycles. The quantitative estimate of drug-likeness (QED) is 0.497. The molecule has 7 heteroatoms. The number of aromatic nitrogens is 3. The number of thioether (sulfide) groups is 1. The topological polar surface area (TPSA) is 73.9 Å². The van der Waals surface area contributed by atoms with Gasteiger partial charge in [-0.05, 0) is 36.3 Å². The maximum atomic E-state index is 12.7. The van der Waals surface area contributed by atoms with E-state index in [9.17, 15) is 4.79 Å². The van der Waals surface area contributed by atoms with Gasteiger partial charge in [-0.15, -0.1) is 0 Å². The maximum Gasteiger partial charge on any atom is 0.251 e. The van der Waals surface area contributed by atoms with Gasteiger partial charge in [-0.3, -0.25) is 14.8 Å². The summed E-state index contributed by atoms with van der Waals surface area (Å²) in [6.45, 7) is 6.74. The van der Waals surface area contributed by atoms with Crippen molar-refractivity contribution >= 4 is 17.7 Å². The molecule has 3 aromatic rings. The molecule has 0 spiro atoms. The Hall–Kier alpha value is -2.64. The number of carbonyl (C=O) groups is 1. The molecule has 0 aliphatic carbocycles. The smallest absolute Gasteiger partial charge is 0.251 e. The van der Waals surface area contributed by atoms with E-state index >= 15 is 0 Å². The third kappa shape index (κ3) is 5.92. The van der Waals surface area contributed by atoms with E-state index in [1.807, 2.05) is 42.5 Å². The average Bonchev–Trinajstić information content (AvgIpc) is 3.30. The summed E-state index contributed by atoms with van der Waals surface area (Å²) in [6.07, 6.45) is 1.50. The second kappa shape index (κ2) is 10.8. The number of hydrogen-bond donors (Lipinski definition) is 2. The number of nitrogens with zero attached hydrogens (tertiary/aromatic N) is 3. The van der Waals surface area contributed by atoms with Crippen LogP contribution < -0.4 is 5.32 Å². The molecule has 0 saturated carbocycles. The molecular weight excluding hydrogens is 382 g/mol. The van der Waals surface area contributed by atoms with Gasteiger partial charge in [-0.1, -0.05) is 68.1 Å². The molecule has 1 unspecified atom stereocenters. The fourth-order valence-electron chi connectivity index (χ4n) is 3.26. The third-order valence-electron chi connectivity index (χ3n) is 4.88. The molecule has 3 rings (SSSR count). The fourth-order valence-corrected chi connectivity index (χ4v) is 3.99. The molecule has 1 heterocycles. The van der Waals surface area contributed by atoms with Crippen LogP contribution in [0.3, 0.4) is 0 Å². The molecule has 0 saturated heterocycles. The Morgan fingerprint density at radius 3 is 2.45 bits per heavy atom. The summed E-state index contributed by atoms with van der Waals surface area (Å²) in [4.78, 5) is 19.1. The van der Waals surface area contributed by atoms with Gasteiger partial charge in [0, 0.05) is 17.9 Å². The Bertz CT molecular complexity index is 864. The van der Waals surface area contributed by atoms with Gasteiger partial charge in [0.2, 0.25) is 0 Å². The van der Waals surface area contributed by atoms with E-state index in [0.29, 0.717) is 12.1 Å². The number of aromatic amines is 1. The first-order chi connectivity index (χ1) is 14.2. The second-order valence-corrected chi connectivity index (χ2v) is 7.60. The van der Waals surface area contributed by atoms with Crippen molar-refractivity contribution in [2.24, 2.45) is 0 Å². The SMILES string of the molecule is CCN(CC)C(CNC(=O)c1ccc(CSc2ncn[nH]2)cc1)c1ccccc1. The van der Waals surface area contributed by atoms with E-state index in [4.69, 9.17) is 0 Å². The number of hydrogen-bond acceptors (Lipinski definition) is 5. The first-order valence-electron chi connectivity index (χ1n) is 9.85. The van der Waals surface area contributed by atoms with Crippen molar-refractivity contribution in [3.63, 3.8) is 0 Å². The van der Waals surface area contributed by atoms with Crippen molar-refractivity contribution in [1.82, 2.24) is 25.4 Å². The monoisotopic (exact) mass is 409 g/mol. The van der Waals surface area contributed by atoms with E-state index in [-0.39, 0.29) is 11.9 Å². The van der Waals surface area contributed by atoms with E-state index in [0.717, 1.165) is 29.6 Å². The van der Waals surface area contributed by atoms with Crippen LogP contribution in [0.25, 0.3) is 0 Å². The minimum atomic E-state index is -0.0486. The molecule has 0 radical (unpaired) electrons. The van der Waals surface area contributed by atoms with Crippen LogP contribution in [0.2, 0.25) is 0 Å². The van der Waals surface area contributed by atoms with E-state index in [1.54, 1.807) is 11.8 Å². The van der Waals surface area contributed by atoms with Gasteiger partial charge in [0.25, 0.3) is 5.91 Å². The van der Waals surface area contributed by atoms with Gasteiger partial charge in [0.1, 0.15) is 6.33 Å². The molecule has 0 bridgehead atoms. The summed E-state index contributed by atoms with van der Waals surface area (Å²) >= 11 is 1.58. The van der Waals surface area contributed by atoms with Crippen molar-refractivity contribution < 1.29 is 4.79 Å². The molecule has 1 amide bonds. The summed E-state index contributed by atoms with van der Waals surface area (Å²) < 4.78 is 0. The molecule has 0 fully saturated rings. The maximum absolute atomic E-state index is 12.7. The van der Waals surface area contributed by atoms with Gasteiger partial charge in [0.15, 0.2) is 5.16 Å². The van der Waals surface area contributed by atoms with Crippen LogP contribution in [0.15, 0.2) is 66.1 Å². The zero-order valence-corrected chi connectivity index (χ0v) is 17.7. The Morgan fingerprint density at radius 2 is 1.83 bits per heavy atom. The van der Waals surface area contributed by atoms with Crippen molar-refractivity contribution in [2.75, 3.05) is 19.6 Å². The van der Waals surface area contributed by atoms with E-state index < -0.39 is 0 Å². The number of carbonyl (C=O) groups excluding carboxylic acids is 1. The Morgan fingerprint density at radius 1 is 1.10 bits per heavy atom. The summed E-state index contributed by atoms with van der Waals surface area (Å²) in [5.74, 6) is 0.724. The third-order valence-corrected chi connectivity index (χ3v) is 5.83. The lowest BCUT2D eigenvalue weighted by Gasteiger charge is -2.30. The second-order valence-electron chi connectivity index (χ2n) is 6.63. The lowest BCUT2D eigenvalue weighted by molar-refractivity contribution is 0.0935. The Kier molecular flexibility index (Phi) is 7.84. The van der Waals surface area contributed by atoms with E-state index in [1.165, 1.54) is 11.9 Å². The van der Waals surface area contributed by atoms with Crippen LogP contribution in [0.1, 0.15) is 41.4 Å². The van der Waals surface area contributed by atoms with Gasteiger partial charge in [-0.25, -0.2) is 4.98 Å². The highest BCUT2D eigenvalue weighted by atomic mass is 32.2. The summed E-state index contributed by atoms with van der Waals surface area (Å²) in [5.41, 5.74) is 3.02. The molecule has 1 aromatic heterocycles. The van der Waals surface area contributed by atoms with Crippen LogP contribution in [-0.4, -0.2) is 45.6 Å². The van der Waals surface area contributed by atoms with Crippen LogP contribution in [-0.2, 0) is 5.75 Å². The number of rotatable bonds is 10. The van der Waals surface area contributed by atoms with Gasteiger partial charge in [-0.2, -0.15) is 5.10 Å². The number of H-pyrrole nitrogens is 1. The molecule has 0 aliphatic rings. The zero-order chi connectivity index (χ0) is 20.5. The zero-order valence-electron chi connectivity index (χ0n) is 16.8. The summed E-state index contributed by atoms with van der Waals surface area (Å²) in [5, 5.41) is 10.6. The van der Waals surface area contributed by atoms with Gasteiger partial charge in [0.05, 0.1) is 6.04 Å². The number of nitrogens with one attached hydrogen (secondary N) is 2. The van der Waals surface area contributed by atoms with Crippen LogP contribution in [0.5, 0.6) is 0 Å². The van der Waals surface area contributed by atoms with Gasteiger partial charge >= 0.3 is 0 Å². The largest absolute Gasteiger partial charge is 0.350 e. The highest BCUT2D eigenvalue weighted by Gasteiger charge is 2.19. The predicted octanol–water partition coefficient (Wildman–Crippen LogP) is 3.91. The standard InChI is InChI=1S/C22H27N5OS/c1-3-27(4-2)20(18-8-6-5-7-9-18)14-23-21(28)19-12-10-17(11-13-19)15-29-22-24-16-25-26-22/h5-13,16,20H,3-4,14-15H2,1-2H3,(H,23,28)(H,24,25,26). The molecule has 6 nitrogen and oxygen atoms in total. The first-order valence-corrected chi connectivity index (χ1v) is 10.8.